The fraction of sp³-hybridized carbons (Fsp3) is 0.586. The summed E-state index contributed by atoms with van der Waals surface area (Å²) in [5.41, 5.74) is 2.76. The van der Waals surface area contributed by atoms with Gasteiger partial charge in [-0.3, -0.25) is 0 Å². The van der Waals surface area contributed by atoms with Crippen LogP contribution < -0.4 is 0 Å². The second kappa shape index (κ2) is 13.8. The maximum absolute atomic E-state index is 3.93. The summed E-state index contributed by atoms with van der Waals surface area (Å²) < 4.78 is 5.02. The molecule has 0 N–H and O–H groups in total. The first-order valence-electron chi connectivity index (χ1n) is 13.1. The summed E-state index contributed by atoms with van der Waals surface area (Å²) in [6.45, 7) is 4.60. The number of rotatable bonds is 15. The largest absolute Gasteiger partial charge is 0.336 e. The van der Waals surface area contributed by atoms with Gasteiger partial charge < -0.3 is 4.57 Å². The fourth-order valence-electron chi connectivity index (χ4n) is 5.13. The third kappa shape index (κ3) is 6.63. The lowest BCUT2D eigenvalue weighted by Gasteiger charge is -2.22. The first-order valence-corrected chi connectivity index (χ1v) is 14.6. The first kappa shape index (κ1) is 25.8. The molecule has 0 saturated carbocycles. The lowest BCUT2D eigenvalue weighted by Crippen LogP contribution is -2.10. The van der Waals surface area contributed by atoms with Crippen molar-refractivity contribution < 1.29 is 0 Å². The Morgan fingerprint density at radius 3 is 1.84 bits per heavy atom. The molecule has 0 radical (unpaired) electrons. The van der Waals surface area contributed by atoms with E-state index in [0.29, 0.717) is 6.04 Å². The Balaban J connectivity index is 1.85. The average Bonchev–Trinajstić information content (AvgIpc) is 3.14. The van der Waals surface area contributed by atoms with Crippen LogP contribution in [0.2, 0.25) is 0 Å². The van der Waals surface area contributed by atoms with Crippen molar-refractivity contribution in [3.63, 3.8) is 0 Å². The van der Waals surface area contributed by atoms with Gasteiger partial charge in [0.1, 0.15) is 0 Å². The molecule has 3 heteroatoms. The molecule has 0 bridgehead atoms. The first-order chi connectivity index (χ1) is 15.7. The summed E-state index contributed by atoms with van der Waals surface area (Å²) in [7, 11) is 0. The van der Waals surface area contributed by atoms with Crippen LogP contribution in [0, 0.1) is 0 Å². The van der Waals surface area contributed by atoms with Crippen molar-refractivity contribution in [2.45, 2.75) is 110 Å². The molecule has 0 spiro atoms. The monoisotopic (exact) mass is 561 g/mol. The molecule has 0 aliphatic heterocycles. The normalized spacial score (nSPS) is 11.9. The van der Waals surface area contributed by atoms with E-state index in [4.69, 9.17) is 0 Å². The predicted octanol–water partition coefficient (Wildman–Crippen LogP) is 11.4. The van der Waals surface area contributed by atoms with Crippen LogP contribution in [0.25, 0.3) is 21.8 Å². The lowest BCUT2D eigenvalue weighted by molar-refractivity contribution is 0.409. The molecular formula is C29H41Br2N. The smallest absolute Gasteiger partial charge is 0.0649 e. The highest BCUT2D eigenvalue weighted by Crippen LogP contribution is 2.41. The van der Waals surface area contributed by atoms with Crippen LogP contribution in [0.1, 0.15) is 110 Å². The van der Waals surface area contributed by atoms with Gasteiger partial charge in [-0.2, -0.15) is 0 Å². The summed E-state index contributed by atoms with van der Waals surface area (Å²) in [5, 5.41) is 2.75. The Hall–Kier alpha value is -0.800. The minimum absolute atomic E-state index is 0.570. The third-order valence-corrected chi connectivity index (χ3v) is 8.91. The fourth-order valence-corrected chi connectivity index (χ4v) is 5.98. The van der Waals surface area contributed by atoms with E-state index in [2.05, 4.69) is 86.7 Å². The zero-order chi connectivity index (χ0) is 22.8. The van der Waals surface area contributed by atoms with Crippen LogP contribution in [0.15, 0.2) is 45.3 Å². The van der Waals surface area contributed by atoms with Crippen molar-refractivity contribution in [2.24, 2.45) is 0 Å². The van der Waals surface area contributed by atoms with E-state index >= 15 is 0 Å². The molecule has 0 fully saturated rings. The van der Waals surface area contributed by atoms with Gasteiger partial charge in [-0.25, -0.2) is 0 Å². The zero-order valence-electron chi connectivity index (χ0n) is 20.1. The minimum atomic E-state index is 0.570. The van der Waals surface area contributed by atoms with E-state index in [1.807, 2.05) is 0 Å². The van der Waals surface area contributed by atoms with E-state index < -0.39 is 0 Å². The van der Waals surface area contributed by atoms with Gasteiger partial charge in [-0.15, -0.1) is 0 Å². The third-order valence-electron chi connectivity index (χ3n) is 6.91. The Morgan fingerprint density at radius 2 is 1.22 bits per heavy atom. The number of hydrogen-bond acceptors (Lipinski definition) is 0. The van der Waals surface area contributed by atoms with Gasteiger partial charge in [0.05, 0.1) is 9.99 Å². The van der Waals surface area contributed by atoms with E-state index in [1.54, 1.807) is 0 Å². The maximum atomic E-state index is 3.93. The van der Waals surface area contributed by atoms with Crippen LogP contribution in [0.4, 0.5) is 0 Å². The Morgan fingerprint density at radius 1 is 0.656 bits per heavy atom. The molecule has 3 aromatic rings. The van der Waals surface area contributed by atoms with Gasteiger partial charge in [-0.1, -0.05) is 115 Å². The van der Waals surface area contributed by atoms with Gasteiger partial charge in [0, 0.05) is 26.8 Å². The molecule has 3 rings (SSSR count). The number of halogens is 2. The highest BCUT2D eigenvalue weighted by Gasteiger charge is 2.20. The topological polar surface area (TPSA) is 4.93 Å². The molecule has 0 unspecified atom stereocenters. The molecule has 1 heterocycles. The van der Waals surface area contributed by atoms with Gasteiger partial charge in [-0.05, 0) is 56.8 Å². The molecule has 0 aliphatic rings. The van der Waals surface area contributed by atoms with Crippen molar-refractivity contribution in [2.75, 3.05) is 0 Å². The molecule has 176 valence electrons. The van der Waals surface area contributed by atoms with Crippen molar-refractivity contribution in [1.29, 1.82) is 0 Å². The molecule has 1 nitrogen and oxygen atoms in total. The standard InChI is InChI=1S/C29H41Br2N/c1-3-5-7-9-11-13-17-23(18-14-12-10-8-6-4-2)32-27-20-16-15-19-24(27)25-21-22-26(30)28(31)29(25)32/h15-16,19-23H,3-14,17-18H2,1-2H3. The van der Waals surface area contributed by atoms with E-state index in [0.717, 1.165) is 4.47 Å². The van der Waals surface area contributed by atoms with Crippen LogP contribution in [-0.2, 0) is 0 Å². The second-order valence-electron chi connectivity index (χ2n) is 9.41. The van der Waals surface area contributed by atoms with Crippen LogP contribution >= 0.6 is 31.9 Å². The maximum Gasteiger partial charge on any atom is 0.0649 e. The summed E-state index contributed by atoms with van der Waals surface area (Å²) in [6.07, 6.45) is 19.0. The quantitative estimate of drug-likeness (QED) is 0.162. The number of nitrogens with zero attached hydrogens (tertiary/aromatic N) is 1. The van der Waals surface area contributed by atoms with Crippen LogP contribution in [0.5, 0.6) is 0 Å². The lowest BCUT2D eigenvalue weighted by atomic mass is 9.99. The molecule has 0 atom stereocenters. The van der Waals surface area contributed by atoms with Gasteiger partial charge in [0.15, 0.2) is 0 Å². The van der Waals surface area contributed by atoms with Gasteiger partial charge in [0.2, 0.25) is 0 Å². The highest BCUT2D eigenvalue weighted by molar-refractivity contribution is 9.13. The van der Waals surface area contributed by atoms with Crippen molar-refractivity contribution in [3.8, 4) is 0 Å². The van der Waals surface area contributed by atoms with Crippen molar-refractivity contribution in [1.82, 2.24) is 4.57 Å². The predicted molar refractivity (Wildman–Crippen MR) is 150 cm³/mol. The summed E-state index contributed by atoms with van der Waals surface area (Å²) in [5.74, 6) is 0. The molecule has 0 amide bonds. The molecule has 0 aliphatic carbocycles. The van der Waals surface area contributed by atoms with E-state index in [1.165, 1.54) is 116 Å². The molecule has 2 aromatic carbocycles. The van der Waals surface area contributed by atoms with Gasteiger partial charge in [0.25, 0.3) is 0 Å². The molecule has 0 saturated heterocycles. The number of benzene rings is 2. The average molecular weight is 563 g/mol. The summed E-state index contributed by atoms with van der Waals surface area (Å²) >= 11 is 7.70. The number of hydrogen-bond donors (Lipinski definition) is 0. The van der Waals surface area contributed by atoms with E-state index in [9.17, 15) is 0 Å². The summed E-state index contributed by atoms with van der Waals surface area (Å²) in [4.78, 5) is 0. The molecular weight excluding hydrogens is 522 g/mol. The minimum Gasteiger partial charge on any atom is -0.336 e. The van der Waals surface area contributed by atoms with Crippen LogP contribution in [0.3, 0.4) is 0 Å². The Kier molecular flexibility index (Phi) is 11.1. The second-order valence-corrected chi connectivity index (χ2v) is 11.1. The molecule has 1 aromatic heterocycles. The molecule has 32 heavy (non-hydrogen) atoms. The number of unbranched alkanes of at least 4 members (excludes halogenated alkanes) is 10. The van der Waals surface area contributed by atoms with Crippen molar-refractivity contribution in [3.05, 3.63) is 45.3 Å². The highest BCUT2D eigenvalue weighted by atomic mass is 79.9. The van der Waals surface area contributed by atoms with Crippen molar-refractivity contribution >= 4 is 53.7 Å². The SMILES string of the molecule is CCCCCCCCC(CCCCCCCC)n1c2ccccc2c2ccc(Br)c(Br)c21. The van der Waals surface area contributed by atoms with Gasteiger partial charge >= 0.3 is 0 Å². The number of para-hydroxylation sites is 1. The summed E-state index contributed by atoms with van der Waals surface area (Å²) in [6, 6.07) is 14.0. The zero-order valence-corrected chi connectivity index (χ0v) is 23.3. The van der Waals surface area contributed by atoms with Crippen LogP contribution in [-0.4, -0.2) is 4.57 Å². The number of fused-ring (bicyclic) bond motifs is 3. The Labute approximate surface area is 212 Å². The Bertz CT molecular complexity index is 943. The number of aromatic nitrogens is 1. The van der Waals surface area contributed by atoms with E-state index in [-0.39, 0.29) is 0 Å².